The SMILES string of the molecule is CCOC(=O)C1(C(=O)OCC)OC(O)c2cccc(OC)c21. The normalized spacial score (nSPS) is 18.5. The summed E-state index contributed by atoms with van der Waals surface area (Å²) in [7, 11) is 1.39. The van der Waals surface area contributed by atoms with Gasteiger partial charge >= 0.3 is 11.9 Å². The van der Waals surface area contributed by atoms with Crippen molar-refractivity contribution in [3.63, 3.8) is 0 Å². The van der Waals surface area contributed by atoms with Crippen LogP contribution < -0.4 is 4.74 Å². The zero-order valence-corrected chi connectivity index (χ0v) is 12.6. The molecule has 0 fully saturated rings. The van der Waals surface area contributed by atoms with Crippen molar-refractivity contribution in [1.29, 1.82) is 0 Å². The molecule has 0 aromatic heterocycles. The molecule has 0 saturated heterocycles. The number of benzene rings is 1. The lowest BCUT2D eigenvalue weighted by atomic mass is 9.91. The molecule has 1 aliphatic heterocycles. The van der Waals surface area contributed by atoms with Crippen LogP contribution in [0.4, 0.5) is 0 Å². The molecule has 0 saturated carbocycles. The van der Waals surface area contributed by atoms with Crippen molar-refractivity contribution in [3.05, 3.63) is 29.3 Å². The van der Waals surface area contributed by atoms with Crippen LogP contribution in [0.2, 0.25) is 0 Å². The molecular weight excluding hydrogens is 292 g/mol. The Morgan fingerprint density at radius 2 is 1.82 bits per heavy atom. The fourth-order valence-electron chi connectivity index (χ4n) is 2.44. The maximum absolute atomic E-state index is 12.4. The molecule has 1 aliphatic rings. The number of esters is 2. The van der Waals surface area contributed by atoms with Crippen molar-refractivity contribution in [2.45, 2.75) is 25.7 Å². The van der Waals surface area contributed by atoms with E-state index in [1.165, 1.54) is 7.11 Å². The van der Waals surface area contributed by atoms with Crippen molar-refractivity contribution in [1.82, 2.24) is 0 Å². The predicted octanol–water partition coefficient (Wildman–Crippen LogP) is 1.04. The lowest BCUT2D eigenvalue weighted by Gasteiger charge is -2.25. The van der Waals surface area contributed by atoms with Gasteiger partial charge in [-0.2, -0.15) is 0 Å². The van der Waals surface area contributed by atoms with E-state index in [1.54, 1.807) is 32.0 Å². The highest BCUT2D eigenvalue weighted by molar-refractivity contribution is 6.06. The molecule has 120 valence electrons. The number of hydrogen-bond acceptors (Lipinski definition) is 7. The van der Waals surface area contributed by atoms with Crippen molar-refractivity contribution in [2.24, 2.45) is 0 Å². The van der Waals surface area contributed by atoms with Crippen LogP contribution in [-0.2, 0) is 29.4 Å². The van der Waals surface area contributed by atoms with Crippen molar-refractivity contribution < 1.29 is 33.6 Å². The third-order valence-corrected chi connectivity index (χ3v) is 3.31. The van der Waals surface area contributed by atoms with Crippen LogP contribution in [0.3, 0.4) is 0 Å². The van der Waals surface area contributed by atoms with Gasteiger partial charge in [0.2, 0.25) is 0 Å². The molecule has 0 spiro atoms. The Hall–Kier alpha value is -2.12. The van der Waals surface area contributed by atoms with Gasteiger partial charge < -0.3 is 24.1 Å². The second-order valence-electron chi connectivity index (χ2n) is 4.52. The zero-order chi connectivity index (χ0) is 16.3. The molecule has 0 bridgehead atoms. The van der Waals surface area contributed by atoms with E-state index in [0.29, 0.717) is 0 Å². The summed E-state index contributed by atoms with van der Waals surface area (Å²) in [4.78, 5) is 24.9. The second-order valence-corrected chi connectivity index (χ2v) is 4.52. The molecule has 7 nitrogen and oxygen atoms in total. The van der Waals surface area contributed by atoms with E-state index in [1.807, 2.05) is 0 Å². The number of carbonyl (C=O) groups is 2. The van der Waals surface area contributed by atoms with Crippen LogP contribution in [0, 0.1) is 0 Å². The molecule has 1 atom stereocenters. The largest absolute Gasteiger partial charge is 0.496 e. The molecular formula is C15H18O7. The van der Waals surface area contributed by atoms with Gasteiger partial charge in [-0.05, 0) is 19.9 Å². The first-order valence-corrected chi connectivity index (χ1v) is 6.90. The van der Waals surface area contributed by atoms with E-state index < -0.39 is 23.8 Å². The number of hydrogen-bond donors (Lipinski definition) is 1. The highest BCUT2D eigenvalue weighted by atomic mass is 16.7. The average molecular weight is 310 g/mol. The smallest absolute Gasteiger partial charge is 0.355 e. The first-order chi connectivity index (χ1) is 10.5. The van der Waals surface area contributed by atoms with Gasteiger partial charge in [-0.3, -0.25) is 0 Å². The lowest BCUT2D eigenvalue weighted by molar-refractivity contribution is -0.216. The molecule has 1 aromatic carbocycles. The van der Waals surface area contributed by atoms with Gasteiger partial charge in [-0.25, -0.2) is 9.59 Å². The van der Waals surface area contributed by atoms with Gasteiger partial charge in [0.25, 0.3) is 5.60 Å². The Kier molecular flexibility index (Phi) is 4.68. The first-order valence-electron chi connectivity index (χ1n) is 6.90. The van der Waals surface area contributed by atoms with E-state index >= 15 is 0 Å². The fourth-order valence-corrected chi connectivity index (χ4v) is 2.44. The summed E-state index contributed by atoms with van der Waals surface area (Å²) < 4.78 is 20.5. The predicted molar refractivity (Wildman–Crippen MR) is 74.0 cm³/mol. The molecule has 0 aliphatic carbocycles. The summed E-state index contributed by atoms with van der Waals surface area (Å²) in [5.41, 5.74) is -1.81. The summed E-state index contributed by atoms with van der Waals surface area (Å²) in [6, 6.07) is 4.73. The van der Waals surface area contributed by atoms with Crippen LogP contribution in [0.5, 0.6) is 5.75 Å². The molecule has 1 heterocycles. The van der Waals surface area contributed by atoms with Crippen LogP contribution in [-0.4, -0.2) is 37.4 Å². The zero-order valence-electron chi connectivity index (χ0n) is 12.6. The van der Waals surface area contributed by atoms with Gasteiger partial charge in [0.1, 0.15) is 5.75 Å². The third-order valence-electron chi connectivity index (χ3n) is 3.31. The molecule has 0 radical (unpaired) electrons. The molecule has 1 aromatic rings. The maximum Gasteiger partial charge on any atom is 0.355 e. The van der Waals surface area contributed by atoms with E-state index in [-0.39, 0.29) is 30.1 Å². The Labute approximate surface area is 127 Å². The van der Waals surface area contributed by atoms with Gasteiger partial charge in [0.15, 0.2) is 6.29 Å². The molecule has 22 heavy (non-hydrogen) atoms. The van der Waals surface area contributed by atoms with Crippen LogP contribution >= 0.6 is 0 Å². The number of ether oxygens (including phenoxy) is 4. The minimum atomic E-state index is -2.19. The lowest BCUT2D eigenvalue weighted by Crippen LogP contribution is -2.46. The van der Waals surface area contributed by atoms with E-state index in [4.69, 9.17) is 18.9 Å². The highest BCUT2D eigenvalue weighted by Crippen LogP contribution is 2.48. The number of fused-ring (bicyclic) bond motifs is 1. The minimum absolute atomic E-state index is 0.0456. The second kappa shape index (κ2) is 6.33. The van der Waals surface area contributed by atoms with Crippen molar-refractivity contribution in [2.75, 3.05) is 20.3 Å². The van der Waals surface area contributed by atoms with Gasteiger partial charge in [0.05, 0.1) is 25.9 Å². The molecule has 0 amide bonds. The number of rotatable bonds is 5. The van der Waals surface area contributed by atoms with Crippen LogP contribution in [0.1, 0.15) is 31.3 Å². The summed E-state index contributed by atoms with van der Waals surface area (Å²) in [6.07, 6.45) is -1.46. The minimum Gasteiger partial charge on any atom is -0.496 e. The van der Waals surface area contributed by atoms with E-state index in [9.17, 15) is 14.7 Å². The van der Waals surface area contributed by atoms with Crippen molar-refractivity contribution in [3.8, 4) is 5.75 Å². The van der Waals surface area contributed by atoms with Gasteiger partial charge in [-0.1, -0.05) is 12.1 Å². The van der Waals surface area contributed by atoms with Crippen LogP contribution in [0.25, 0.3) is 0 Å². The standard InChI is InChI=1S/C15H18O7/c1-4-20-13(17)15(14(18)21-5-2)11-9(12(16)22-15)7-6-8-10(11)19-3/h6-8,12,16H,4-5H2,1-3H3. The van der Waals surface area contributed by atoms with E-state index in [0.717, 1.165) is 0 Å². The number of carbonyl (C=O) groups excluding carboxylic acids is 2. The highest BCUT2D eigenvalue weighted by Gasteiger charge is 2.61. The summed E-state index contributed by atoms with van der Waals surface area (Å²) in [5.74, 6) is -1.67. The number of aliphatic hydroxyl groups excluding tert-OH is 1. The summed E-state index contributed by atoms with van der Waals surface area (Å²) in [5, 5.41) is 10.1. The monoisotopic (exact) mass is 310 g/mol. The molecule has 7 heteroatoms. The molecule has 1 unspecified atom stereocenters. The summed E-state index contributed by atoms with van der Waals surface area (Å²) >= 11 is 0. The molecule has 1 N–H and O–H groups in total. The fraction of sp³-hybridized carbons (Fsp3) is 0.467. The Bertz CT molecular complexity index is 563. The Balaban J connectivity index is 2.67. The molecule has 2 rings (SSSR count). The maximum atomic E-state index is 12.4. The third kappa shape index (κ3) is 2.32. The quantitative estimate of drug-likeness (QED) is 0.641. The van der Waals surface area contributed by atoms with Crippen molar-refractivity contribution >= 4 is 11.9 Å². The topological polar surface area (TPSA) is 91.3 Å². The van der Waals surface area contributed by atoms with Gasteiger partial charge in [0, 0.05) is 5.56 Å². The Morgan fingerprint density at radius 1 is 1.23 bits per heavy atom. The summed E-state index contributed by atoms with van der Waals surface area (Å²) in [6.45, 7) is 3.30. The average Bonchev–Trinajstić information content (AvgIpc) is 2.82. The number of aliphatic hydroxyl groups is 1. The number of methoxy groups -OCH3 is 1. The Morgan fingerprint density at radius 3 is 2.32 bits per heavy atom. The van der Waals surface area contributed by atoms with E-state index in [2.05, 4.69) is 0 Å². The van der Waals surface area contributed by atoms with Crippen LogP contribution in [0.15, 0.2) is 18.2 Å². The van der Waals surface area contributed by atoms with Gasteiger partial charge in [-0.15, -0.1) is 0 Å². The first kappa shape index (κ1) is 16.3.